The molecule has 1 aliphatic rings. The molecular formula is C18H27N3O5. The standard InChI is InChI=1S/C18H27N3O5/c1-4-26-18(24)20-10-8-19(9-11-20)16(22)5-7-21(14(2)3)17(23)15-6-12-25-13-15/h6,12-14H,4-5,7-11H2,1-3H3. The lowest BCUT2D eigenvalue weighted by molar-refractivity contribution is -0.133. The summed E-state index contributed by atoms with van der Waals surface area (Å²) in [5.74, 6) is -0.159. The Hall–Kier alpha value is -2.51. The Morgan fingerprint density at radius 2 is 1.85 bits per heavy atom. The van der Waals surface area contributed by atoms with Crippen molar-refractivity contribution >= 4 is 17.9 Å². The van der Waals surface area contributed by atoms with Crippen molar-refractivity contribution in [3.8, 4) is 0 Å². The van der Waals surface area contributed by atoms with E-state index < -0.39 is 0 Å². The average molecular weight is 365 g/mol. The summed E-state index contributed by atoms with van der Waals surface area (Å²) in [5.41, 5.74) is 0.481. The minimum Gasteiger partial charge on any atom is -0.472 e. The Labute approximate surface area is 153 Å². The molecule has 2 heterocycles. The molecule has 0 saturated carbocycles. The Bertz CT molecular complexity index is 606. The molecule has 1 aromatic rings. The largest absolute Gasteiger partial charge is 0.472 e. The first kappa shape index (κ1) is 19.8. The summed E-state index contributed by atoms with van der Waals surface area (Å²) < 4.78 is 9.94. The van der Waals surface area contributed by atoms with Gasteiger partial charge in [0, 0.05) is 45.2 Å². The maximum Gasteiger partial charge on any atom is 0.409 e. The van der Waals surface area contributed by atoms with E-state index in [1.165, 1.54) is 12.5 Å². The first-order chi connectivity index (χ1) is 12.4. The minimum absolute atomic E-state index is 0.0147. The van der Waals surface area contributed by atoms with Gasteiger partial charge in [0.05, 0.1) is 18.4 Å². The lowest BCUT2D eigenvalue weighted by Crippen LogP contribution is -2.51. The van der Waals surface area contributed by atoms with Crippen LogP contribution in [-0.2, 0) is 9.53 Å². The van der Waals surface area contributed by atoms with Crippen LogP contribution in [0.25, 0.3) is 0 Å². The van der Waals surface area contributed by atoms with E-state index in [9.17, 15) is 14.4 Å². The molecule has 2 rings (SSSR count). The van der Waals surface area contributed by atoms with Crippen molar-refractivity contribution in [2.24, 2.45) is 0 Å². The molecule has 0 unspecified atom stereocenters. The van der Waals surface area contributed by atoms with E-state index in [1.54, 1.807) is 27.7 Å². The van der Waals surface area contributed by atoms with E-state index in [0.717, 1.165) is 0 Å². The molecule has 8 nitrogen and oxygen atoms in total. The smallest absolute Gasteiger partial charge is 0.409 e. The van der Waals surface area contributed by atoms with Gasteiger partial charge < -0.3 is 23.9 Å². The highest BCUT2D eigenvalue weighted by Gasteiger charge is 2.26. The van der Waals surface area contributed by atoms with Crippen LogP contribution in [0.15, 0.2) is 23.0 Å². The van der Waals surface area contributed by atoms with Gasteiger partial charge in [0.25, 0.3) is 5.91 Å². The minimum atomic E-state index is -0.337. The molecule has 144 valence electrons. The van der Waals surface area contributed by atoms with Crippen LogP contribution < -0.4 is 0 Å². The molecule has 0 atom stereocenters. The molecule has 1 aromatic heterocycles. The Morgan fingerprint density at radius 1 is 1.19 bits per heavy atom. The summed E-state index contributed by atoms with van der Waals surface area (Å²) in [6.45, 7) is 8.18. The molecule has 0 aromatic carbocycles. The number of nitrogens with zero attached hydrogens (tertiary/aromatic N) is 3. The maximum absolute atomic E-state index is 12.5. The first-order valence-electron chi connectivity index (χ1n) is 8.96. The second kappa shape index (κ2) is 9.26. The molecule has 0 radical (unpaired) electrons. The quantitative estimate of drug-likeness (QED) is 0.768. The molecule has 0 aliphatic carbocycles. The second-order valence-corrected chi connectivity index (χ2v) is 6.42. The van der Waals surface area contributed by atoms with Crippen LogP contribution >= 0.6 is 0 Å². The number of carbonyl (C=O) groups is 3. The fourth-order valence-electron chi connectivity index (χ4n) is 2.87. The predicted molar refractivity (Wildman–Crippen MR) is 94.7 cm³/mol. The van der Waals surface area contributed by atoms with Crippen molar-refractivity contribution in [1.29, 1.82) is 0 Å². The van der Waals surface area contributed by atoms with E-state index >= 15 is 0 Å². The number of rotatable bonds is 6. The Balaban J connectivity index is 1.83. The van der Waals surface area contributed by atoms with Gasteiger partial charge in [-0.05, 0) is 26.8 Å². The average Bonchev–Trinajstić information content (AvgIpc) is 3.16. The van der Waals surface area contributed by atoms with Crippen molar-refractivity contribution in [3.05, 3.63) is 24.2 Å². The molecule has 0 N–H and O–H groups in total. The Morgan fingerprint density at radius 3 is 2.38 bits per heavy atom. The number of ether oxygens (including phenoxy) is 1. The molecule has 0 bridgehead atoms. The van der Waals surface area contributed by atoms with Gasteiger partial charge in [-0.1, -0.05) is 0 Å². The third-order valence-electron chi connectivity index (χ3n) is 4.38. The highest BCUT2D eigenvalue weighted by Crippen LogP contribution is 2.11. The highest BCUT2D eigenvalue weighted by molar-refractivity contribution is 5.94. The summed E-state index contributed by atoms with van der Waals surface area (Å²) in [7, 11) is 0. The van der Waals surface area contributed by atoms with Gasteiger partial charge in [-0.3, -0.25) is 9.59 Å². The lowest BCUT2D eigenvalue weighted by atomic mass is 10.2. The number of hydrogen-bond donors (Lipinski definition) is 0. The predicted octanol–water partition coefficient (Wildman–Crippen LogP) is 1.82. The number of piperazine rings is 1. The van der Waals surface area contributed by atoms with Gasteiger partial charge in [-0.15, -0.1) is 0 Å². The van der Waals surface area contributed by atoms with Crippen LogP contribution in [0.3, 0.4) is 0 Å². The zero-order chi connectivity index (χ0) is 19.1. The Kier molecular flexibility index (Phi) is 7.06. The maximum atomic E-state index is 12.5. The topological polar surface area (TPSA) is 83.3 Å². The van der Waals surface area contributed by atoms with Crippen LogP contribution in [0.5, 0.6) is 0 Å². The molecule has 8 heteroatoms. The van der Waals surface area contributed by atoms with Crippen molar-refractivity contribution in [2.75, 3.05) is 39.3 Å². The summed E-state index contributed by atoms with van der Waals surface area (Å²) in [5, 5.41) is 0. The van der Waals surface area contributed by atoms with Crippen molar-refractivity contribution in [3.63, 3.8) is 0 Å². The lowest BCUT2D eigenvalue weighted by Gasteiger charge is -2.34. The summed E-state index contributed by atoms with van der Waals surface area (Å²) in [6, 6.07) is 1.60. The van der Waals surface area contributed by atoms with Gasteiger partial charge in [-0.25, -0.2) is 4.79 Å². The molecule has 3 amide bonds. The van der Waals surface area contributed by atoms with E-state index in [2.05, 4.69) is 0 Å². The van der Waals surface area contributed by atoms with Crippen LogP contribution in [-0.4, -0.2) is 78.0 Å². The van der Waals surface area contributed by atoms with Gasteiger partial charge in [0.2, 0.25) is 5.91 Å². The zero-order valence-electron chi connectivity index (χ0n) is 15.6. The first-order valence-corrected chi connectivity index (χ1v) is 8.96. The van der Waals surface area contributed by atoms with Crippen LogP contribution in [0.4, 0.5) is 4.79 Å². The van der Waals surface area contributed by atoms with Crippen molar-refractivity contribution in [1.82, 2.24) is 14.7 Å². The third-order valence-corrected chi connectivity index (χ3v) is 4.38. The fraction of sp³-hybridized carbons (Fsp3) is 0.611. The molecule has 26 heavy (non-hydrogen) atoms. The molecule has 1 fully saturated rings. The number of amides is 3. The van der Waals surface area contributed by atoms with E-state index in [0.29, 0.717) is 44.9 Å². The van der Waals surface area contributed by atoms with Crippen LogP contribution in [0.2, 0.25) is 0 Å². The zero-order valence-corrected chi connectivity index (χ0v) is 15.6. The van der Waals surface area contributed by atoms with Gasteiger partial charge in [-0.2, -0.15) is 0 Å². The van der Waals surface area contributed by atoms with Gasteiger partial charge in [0.15, 0.2) is 0 Å². The molecule has 0 spiro atoms. The monoisotopic (exact) mass is 365 g/mol. The third kappa shape index (κ3) is 5.00. The van der Waals surface area contributed by atoms with Gasteiger partial charge in [0.1, 0.15) is 6.26 Å². The highest BCUT2D eigenvalue weighted by atomic mass is 16.6. The summed E-state index contributed by atoms with van der Waals surface area (Å²) in [6.07, 6.45) is 2.78. The van der Waals surface area contributed by atoms with Crippen LogP contribution in [0, 0.1) is 0 Å². The summed E-state index contributed by atoms with van der Waals surface area (Å²) in [4.78, 5) is 41.7. The number of furan rings is 1. The van der Waals surface area contributed by atoms with E-state index in [1.807, 2.05) is 13.8 Å². The molecule has 1 aliphatic heterocycles. The number of hydrogen-bond acceptors (Lipinski definition) is 5. The van der Waals surface area contributed by atoms with Gasteiger partial charge >= 0.3 is 6.09 Å². The van der Waals surface area contributed by atoms with Crippen molar-refractivity contribution in [2.45, 2.75) is 33.2 Å². The van der Waals surface area contributed by atoms with E-state index in [4.69, 9.17) is 9.15 Å². The molecule has 1 saturated heterocycles. The number of carbonyl (C=O) groups excluding carboxylic acids is 3. The normalized spacial score (nSPS) is 14.5. The van der Waals surface area contributed by atoms with E-state index in [-0.39, 0.29) is 30.4 Å². The summed E-state index contributed by atoms with van der Waals surface area (Å²) >= 11 is 0. The SMILES string of the molecule is CCOC(=O)N1CCN(C(=O)CCN(C(=O)c2ccoc2)C(C)C)CC1. The second-order valence-electron chi connectivity index (χ2n) is 6.42. The van der Waals surface area contributed by atoms with Crippen LogP contribution in [0.1, 0.15) is 37.6 Å². The molecular weight excluding hydrogens is 338 g/mol. The fourth-order valence-corrected chi connectivity index (χ4v) is 2.87. The van der Waals surface area contributed by atoms with Crippen molar-refractivity contribution < 1.29 is 23.5 Å².